The molecule has 6 nitrogen and oxygen atoms in total. The van der Waals surface area contributed by atoms with Gasteiger partial charge in [-0.2, -0.15) is 0 Å². The number of amides is 2. The molecule has 0 unspecified atom stereocenters. The molecule has 0 spiro atoms. The molecule has 1 aromatic rings. The summed E-state index contributed by atoms with van der Waals surface area (Å²) in [7, 11) is 0. The van der Waals surface area contributed by atoms with E-state index in [9.17, 15) is 9.59 Å². The third-order valence-electron chi connectivity index (χ3n) is 6.52. The second kappa shape index (κ2) is 9.23. The van der Waals surface area contributed by atoms with Gasteiger partial charge in [-0.15, -0.1) is 0 Å². The third-order valence-corrected chi connectivity index (χ3v) is 6.76. The number of hydrogen-bond donors (Lipinski definition) is 1. The summed E-state index contributed by atoms with van der Waals surface area (Å²) in [5.41, 5.74) is 3.01. The zero-order chi connectivity index (χ0) is 25.5. The Hall–Kier alpha value is -2.99. The van der Waals surface area contributed by atoms with Gasteiger partial charge in [0.05, 0.1) is 5.54 Å². The fourth-order valence-corrected chi connectivity index (χ4v) is 4.99. The lowest BCUT2D eigenvalue weighted by Gasteiger charge is -2.35. The number of ether oxygens (including phenoxy) is 1. The normalized spacial score (nSPS) is 20.3. The molecule has 0 bridgehead atoms. The van der Waals surface area contributed by atoms with E-state index in [0.717, 1.165) is 35.4 Å². The Morgan fingerprint density at radius 1 is 1.17 bits per heavy atom. The minimum atomic E-state index is -0.561. The standard InChI is InChI=1S/C28H34ClN3O3/c1-18-7-9-21(30-20-11-13-31(14-12-20)26(34)35-27(2,3)4)17-22(15-18)32-25(33)23-10-8-19(29)16-24(23)28(32,5)6/h7-10,15-17,20,30H,1,11-14H2,2-6H3. The summed E-state index contributed by atoms with van der Waals surface area (Å²) in [6, 6.07) is 5.63. The number of fused-ring (bicyclic) bond motifs is 1. The van der Waals surface area contributed by atoms with Crippen LogP contribution >= 0.6 is 11.6 Å². The van der Waals surface area contributed by atoms with Crippen molar-refractivity contribution in [1.82, 2.24) is 15.1 Å². The van der Waals surface area contributed by atoms with Gasteiger partial charge >= 0.3 is 6.09 Å². The number of hydrogen-bond acceptors (Lipinski definition) is 4. The highest BCUT2D eigenvalue weighted by Crippen LogP contribution is 2.43. The molecule has 0 saturated carbocycles. The van der Waals surface area contributed by atoms with E-state index in [0.29, 0.717) is 23.7 Å². The minimum Gasteiger partial charge on any atom is -0.444 e. The van der Waals surface area contributed by atoms with E-state index in [-0.39, 0.29) is 18.0 Å². The molecule has 186 valence electrons. The zero-order valence-electron chi connectivity index (χ0n) is 21.2. The Bertz CT molecular complexity index is 1150. The van der Waals surface area contributed by atoms with Crippen molar-refractivity contribution in [2.45, 2.75) is 64.6 Å². The highest BCUT2D eigenvalue weighted by atomic mass is 35.5. The molecule has 2 aliphatic heterocycles. The van der Waals surface area contributed by atoms with Crippen LogP contribution in [0.4, 0.5) is 4.79 Å². The summed E-state index contributed by atoms with van der Waals surface area (Å²) >= 11 is 6.25. The number of halogens is 1. The van der Waals surface area contributed by atoms with Crippen molar-refractivity contribution in [3.63, 3.8) is 0 Å². The average molecular weight is 496 g/mol. The highest BCUT2D eigenvalue weighted by Gasteiger charge is 2.44. The third kappa shape index (κ3) is 5.32. The molecule has 0 atom stereocenters. The molecule has 1 saturated heterocycles. The Morgan fingerprint density at radius 2 is 1.86 bits per heavy atom. The maximum Gasteiger partial charge on any atom is 0.410 e. The molecular weight excluding hydrogens is 462 g/mol. The van der Waals surface area contributed by atoms with Gasteiger partial charge in [0.15, 0.2) is 0 Å². The molecule has 0 radical (unpaired) electrons. The highest BCUT2D eigenvalue weighted by molar-refractivity contribution is 6.30. The largest absolute Gasteiger partial charge is 0.444 e. The van der Waals surface area contributed by atoms with Gasteiger partial charge in [-0.05, 0) is 95.0 Å². The molecule has 3 aliphatic rings. The number of likely N-dealkylation sites (tertiary alicyclic amines) is 1. The van der Waals surface area contributed by atoms with Gasteiger partial charge in [0.2, 0.25) is 0 Å². The predicted molar refractivity (Wildman–Crippen MR) is 139 cm³/mol. The summed E-state index contributed by atoms with van der Waals surface area (Å²) in [5, 5.41) is 4.22. The molecular formula is C28H34ClN3O3. The molecule has 1 N–H and O–H groups in total. The van der Waals surface area contributed by atoms with Crippen LogP contribution in [0.15, 0.2) is 66.0 Å². The fourth-order valence-electron chi connectivity index (χ4n) is 4.82. The maximum atomic E-state index is 13.4. The van der Waals surface area contributed by atoms with Crippen LogP contribution in [0, 0.1) is 0 Å². The Balaban J connectivity index is 1.50. The summed E-state index contributed by atoms with van der Waals surface area (Å²) in [6.07, 6.45) is 9.22. The topological polar surface area (TPSA) is 61.9 Å². The van der Waals surface area contributed by atoms with Gasteiger partial charge in [-0.1, -0.05) is 24.3 Å². The molecule has 1 aromatic carbocycles. The van der Waals surface area contributed by atoms with Crippen LogP contribution in [0.25, 0.3) is 0 Å². The summed E-state index contributed by atoms with van der Waals surface area (Å²) in [5.74, 6) is -0.0520. The number of nitrogens with zero attached hydrogens (tertiary/aromatic N) is 2. The van der Waals surface area contributed by atoms with Crippen molar-refractivity contribution in [1.29, 1.82) is 0 Å². The zero-order valence-corrected chi connectivity index (χ0v) is 21.9. The molecule has 1 aliphatic carbocycles. The second-order valence-corrected chi connectivity index (χ2v) is 11.3. The molecule has 1 fully saturated rings. The number of allylic oxidation sites excluding steroid dienone is 5. The molecule has 7 heteroatoms. The van der Waals surface area contributed by atoms with E-state index in [4.69, 9.17) is 16.3 Å². The Labute approximate surface area is 212 Å². The Morgan fingerprint density at radius 3 is 2.51 bits per heavy atom. The van der Waals surface area contributed by atoms with E-state index < -0.39 is 11.1 Å². The quantitative estimate of drug-likeness (QED) is 0.566. The van der Waals surface area contributed by atoms with Crippen molar-refractivity contribution in [3.05, 3.63) is 82.2 Å². The van der Waals surface area contributed by atoms with Crippen molar-refractivity contribution in [2.75, 3.05) is 13.1 Å². The average Bonchev–Trinajstić information content (AvgIpc) is 2.85. The molecule has 2 heterocycles. The van der Waals surface area contributed by atoms with Gasteiger partial charge in [-0.3, -0.25) is 9.69 Å². The summed E-state index contributed by atoms with van der Waals surface area (Å²) in [6.45, 7) is 15.1. The lowest BCUT2D eigenvalue weighted by Crippen LogP contribution is -2.46. The lowest BCUT2D eigenvalue weighted by molar-refractivity contribution is 0.0201. The van der Waals surface area contributed by atoms with Gasteiger partial charge in [0, 0.05) is 41.1 Å². The number of benzene rings is 1. The van der Waals surface area contributed by atoms with Crippen LogP contribution in [-0.4, -0.2) is 46.5 Å². The number of piperidine rings is 1. The predicted octanol–water partition coefficient (Wildman–Crippen LogP) is 5.91. The lowest BCUT2D eigenvalue weighted by atomic mass is 9.93. The smallest absolute Gasteiger partial charge is 0.410 e. The van der Waals surface area contributed by atoms with Crippen LogP contribution in [0.1, 0.15) is 63.4 Å². The SMILES string of the molecule is C=C1C=CC(NC2CCN(C(=O)OC(C)(C)C)CC2)=CC(N2C(=O)c3ccc(Cl)cc3C2(C)C)=C1. The molecule has 0 aromatic heterocycles. The number of rotatable bonds is 3. The maximum absolute atomic E-state index is 13.4. The number of nitrogens with one attached hydrogen (secondary N) is 1. The van der Waals surface area contributed by atoms with Crippen LogP contribution < -0.4 is 5.32 Å². The van der Waals surface area contributed by atoms with Crippen LogP contribution in [-0.2, 0) is 10.3 Å². The first-order valence-electron chi connectivity index (χ1n) is 12.0. The first-order valence-corrected chi connectivity index (χ1v) is 12.4. The monoisotopic (exact) mass is 495 g/mol. The molecule has 2 amide bonds. The van der Waals surface area contributed by atoms with Gasteiger partial charge < -0.3 is 15.0 Å². The number of carbonyl (C=O) groups excluding carboxylic acids is 2. The van der Waals surface area contributed by atoms with E-state index >= 15 is 0 Å². The fraction of sp³-hybridized carbons (Fsp3) is 0.429. The molecule has 4 rings (SSSR count). The van der Waals surface area contributed by atoms with E-state index in [1.54, 1.807) is 17.0 Å². The second-order valence-electron chi connectivity index (χ2n) is 10.9. The first-order chi connectivity index (χ1) is 16.3. The van der Waals surface area contributed by atoms with Crippen molar-refractivity contribution >= 4 is 23.6 Å². The molecule has 35 heavy (non-hydrogen) atoms. The van der Waals surface area contributed by atoms with Crippen molar-refractivity contribution in [2.24, 2.45) is 0 Å². The van der Waals surface area contributed by atoms with Gasteiger partial charge in [-0.25, -0.2) is 4.79 Å². The van der Waals surface area contributed by atoms with E-state index in [1.165, 1.54) is 0 Å². The van der Waals surface area contributed by atoms with E-state index in [1.807, 2.05) is 69.9 Å². The van der Waals surface area contributed by atoms with Crippen molar-refractivity contribution < 1.29 is 14.3 Å². The van der Waals surface area contributed by atoms with E-state index in [2.05, 4.69) is 11.9 Å². The number of carbonyl (C=O) groups is 2. The van der Waals surface area contributed by atoms with Crippen LogP contribution in [0.5, 0.6) is 0 Å². The van der Waals surface area contributed by atoms with Crippen LogP contribution in [0.2, 0.25) is 5.02 Å². The Kier molecular flexibility index (Phi) is 6.62. The summed E-state index contributed by atoms with van der Waals surface area (Å²) in [4.78, 5) is 29.4. The van der Waals surface area contributed by atoms with Crippen LogP contribution in [0.3, 0.4) is 0 Å². The van der Waals surface area contributed by atoms with Gasteiger partial charge in [0.25, 0.3) is 5.91 Å². The summed E-state index contributed by atoms with van der Waals surface area (Å²) < 4.78 is 5.51. The first kappa shape index (κ1) is 25.1. The minimum absolute atomic E-state index is 0.0520. The van der Waals surface area contributed by atoms with Gasteiger partial charge in [0.1, 0.15) is 5.60 Å². The van der Waals surface area contributed by atoms with Crippen molar-refractivity contribution in [3.8, 4) is 0 Å².